The number of thioether (sulfide) groups is 1. The first-order valence-electron chi connectivity index (χ1n) is 8.00. The molecule has 25 heavy (non-hydrogen) atoms. The van der Waals surface area contributed by atoms with E-state index in [-0.39, 0.29) is 5.78 Å². The highest BCUT2D eigenvalue weighted by atomic mass is 32.2. The number of carbonyl (C=O) groups excluding carboxylic acids is 1. The average molecular weight is 353 g/mol. The Balaban J connectivity index is 1.69. The van der Waals surface area contributed by atoms with Gasteiger partial charge >= 0.3 is 0 Å². The van der Waals surface area contributed by atoms with Crippen LogP contribution in [-0.2, 0) is 6.42 Å². The van der Waals surface area contributed by atoms with Gasteiger partial charge in [-0.05, 0) is 36.2 Å². The van der Waals surface area contributed by atoms with Crippen molar-refractivity contribution < 1.29 is 9.53 Å². The SMILES string of the molecule is CCc1ccc(C(=O)CSc2nncn2-c2ccc(OC)cc2)cc1. The number of benzene rings is 2. The second-order valence-corrected chi connectivity index (χ2v) is 6.39. The van der Waals surface area contributed by atoms with Gasteiger partial charge in [0.2, 0.25) is 0 Å². The summed E-state index contributed by atoms with van der Waals surface area (Å²) in [5.41, 5.74) is 2.87. The number of nitrogens with zero attached hydrogens (tertiary/aromatic N) is 3. The van der Waals surface area contributed by atoms with Gasteiger partial charge in [-0.1, -0.05) is 43.0 Å². The molecule has 2 aromatic carbocycles. The Morgan fingerprint density at radius 1 is 1.12 bits per heavy atom. The molecule has 0 aliphatic carbocycles. The molecular weight excluding hydrogens is 334 g/mol. The Kier molecular flexibility index (Phi) is 5.50. The Bertz CT molecular complexity index is 842. The second kappa shape index (κ2) is 7.98. The molecule has 0 aliphatic heterocycles. The van der Waals surface area contributed by atoms with E-state index in [0.29, 0.717) is 10.9 Å². The number of carbonyl (C=O) groups is 1. The molecule has 6 heteroatoms. The lowest BCUT2D eigenvalue weighted by atomic mass is 10.1. The normalized spacial score (nSPS) is 10.6. The van der Waals surface area contributed by atoms with E-state index in [4.69, 9.17) is 4.74 Å². The summed E-state index contributed by atoms with van der Waals surface area (Å²) >= 11 is 1.38. The molecule has 5 nitrogen and oxygen atoms in total. The number of aryl methyl sites for hydroxylation is 1. The number of hydrogen-bond acceptors (Lipinski definition) is 5. The van der Waals surface area contributed by atoms with Crippen molar-refractivity contribution in [2.24, 2.45) is 0 Å². The van der Waals surface area contributed by atoms with Crippen LogP contribution in [0, 0.1) is 0 Å². The zero-order valence-corrected chi connectivity index (χ0v) is 15.0. The average Bonchev–Trinajstić information content (AvgIpc) is 3.15. The lowest BCUT2D eigenvalue weighted by molar-refractivity contribution is 0.102. The summed E-state index contributed by atoms with van der Waals surface area (Å²) in [6, 6.07) is 15.4. The van der Waals surface area contributed by atoms with E-state index in [1.807, 2.05) is 53.1 Å². The molecule has 0 unspecified atom stereocenters. The van der Waals surface area contributed by atoms with Crippen LogP contribution >= 0.6 is 11.8 Å². The quantitative estimate of drug-likeness (QED) is 0.477. The van der Waals surface area contributed by atoms with E-state index in [1.54, 1.807) is 13.4 Å². The van der Waals surface area contributed by atoms with Crippen LogP contribution < -0.4 is 4.74 Å². The van der Waals surface area contributed by atoms with E-state index in [2.05, 4.69) is 17.1 Å². The zero-order chi connectivity index (χ0) is 17.6. The van der Waals surface area contributed by atoms with E-state index in [0.717, 1.165) is 23.4 Å². The summed E-state index contributed by atoms with van der Waals surface area (Å²) in [7, 11) is 1.63. The fraction of sp³-hybridized carbons (Fsp3) is 0.211. The third kappa shape index (κ3) is 4.09. The zero-order valence-electron chi connectivity index (χ0n) is 14.2. The topological polar surface area (TPSA) is 57.0 Å². The largest absolute Gasteiger partial charge is 0.497 e. The highest BCUT2D eigenvalue weighted by Crippen LogP contribution is 2.22. The maximum absolute atomic E-state index is 12.4. The minimum atomic E-state index is 0.0805. The third-order valence-corrected chi connectivity index (χ3v) is 4.83. The summed E-state index contributed by atoms with van der Waals surface area (Å²) in [5, 5.41) is 8.77. The minimum Gasteiger partial charge on any atom is -0.497 e. The van der Waals surface area contributed by atoms with Gasteiger partial charge < -0.3 is 4.74 Å². The van der Waals surface area contributed by atoms with Crippen LogP contribution in [0.5, 0.6) is 5.75 Å². The van der Waals surface area contributed by atoms with Crippen molar-refractivity contribution in [1.29, 1.82) is 0 Å². The molecule has 3 rings (SSSR count). The molecule has 0 atom stereocenters. The Hall–Kier alpha value is -2.60. The minimum absolute atomic E-state index is 0.0805. The molecule has 0 radical (unpaired) electrons. The maximum atomic E-state index is 12.4. The maximum Gasteiger partial charge on any atom is 0.196 e. The summed E-state index contributed by atoms with van der Waals surface area (Å²) in [6.07, 6.45) is 2.61. The van der Waals surface area contributed by atoms with Gasteiger partial charge in [0.15, 0.2) is 10.9 Å². The van der Waals surface area contributed by atoms with E-state index >= 15 is 0 Å². The second-order valence-electron chi connectivity index (χ2n) is 5.44. The molecule has 0 saturated carbocycles. The molecule has 0 N–H and O–H groups in total. The van der Waals surface area contributed by atoms with Crippen molar-refractivity contribution in [1.82, 2.24) is 14.8 Å². The number of hydrogen-bond donors (Lipinski definition) is 0. The first-order valence-corrected chi connectivity index (χ1v) is 8.99. The fourth-order valence-corrected chi connectivity index (χ4v) is 3.21. The standard InChI is InChI=1S/C19H19N3O2S/c1-3-14-4-6-15(7-5-14)18(23)12-25-19-21-20-13-22(19)16-8-10-17(24-2)11-9-16/h4-11,13H,3,12H2,1-2H3. The number of aromatic nitrogens is 3. The van der Waals surface area contributed by atoms with Gasteiger partial charge in [0.1, 0.15) is 12.1 Å². The van der Waals surface area contributed by atoms with Crippen molar-refractivity contribution in [2.75, 3.05) is 12.9 Å². The summed E-state index contributed by atoms with van der Waals surface area (Å²) in [5.74, 6) is 1.19. The molecule has 128 valence electrons. The number of ether oxygens (including phenoxy) is 1. The lowest BCUT2D eigenvalue weighted by Crippen LogP contribution is -2.04. The molecule has 0 bridgehead atoms. The van der Waals surface area contributed by atoms with E-state index < -0.39 is 0 Å². The molecule has 1 heterocycles. The van der Waals surface area contributed by atoms with Crippen LogP contribution in [0.3, 0.4) is 0 Å². The van der Waals surface area contributed by atoms with Crippen molar-refractivity contribution in [3.63, 3.8) is 0 Å². The highest BCUT2D eigenvalue weighted by molar-refractivity contribution is 7.99. The van der Waals surface area contributed by atoms with Gasteiger partial charge in [-0.3, -0.25) is 9.36 Å². The van der Waals surface area contributed by atoms with Crippen LogP contribution in [-0.4, -0.2) is 33.4 Å². The van der Waals surface area contributed by atoms with Crippen LogP contribution in [0.4, 0.5) is 0 Å². The molecule has 0 amide bonds. The van der Waals surface area contributed by atoms with E-state index in [9.17, 15) is 4.79 Å². The van der Waals surface area contributed by atoms with Crippen LogP contribution in [0.25, 0.3) is 5.69 Å². The number of Topliss-reactive ketones (excluding diaryl/α,β-unsaturated/α-hetero) is 1. The van der Waals surface area contributed by atoms with Gasteiger partial charge in [-0.15, -0.1) is 10.2 Å². The van der Waals surface area contributed by atoms with Gasteiger partial charge in [0.05, 0.1) is 12.9 Å². The molecule has 0 aliphatic rings. The van der Waals surface area contributed by atoms with Crippen LogP contribution in [0.2, 0.25) is 0 Å². The first-order chi connectivity index (χ1) is 12.2. The highest BCUT2D eigenvalue weighted by Gasteiger charge is 2.12. The van der Waals surface area contributed by atoms with Gasteiger partial charge in [-0.2, -0.15) is 0 Å². The number of ketones is 1. The Morgan fingerprint density at radius 2 is 1.84 bits per heavy atom. The summed E-state index contributed by atoms with van der Waals surface area (Å²) in [4.78, 5) is 12.4. The van der Waals surface area contributed by atoms with Crippen molar-refractivity contribution in [2.45, 2.75) is 18.5 Å². The van der Waals surface area contributed by atoms with Crippen molar-refractivity contribution >= 4 is 17.5 Å². The lowest BCUT2D eigenvalue weighted by Gasteiger charge is -2.07. The Labute approximate surface area is 151 Å². The third-order valence-electron chi connectivity index (χ3n) is 3.88. The van der Waals surface area contributed by atoms with Crippen molar-refractivity contribution in [3.8, 4) is 11.4 Å². The molecule has 1 aromatic heterocycles. The number of methoxy groups -OCH3 is 1. The van der Waals surface area contributed by atoms with Crippen LogP contribution in [0.1, 0.15) is 22.8 Å². The molecular formula is C19H19N3O2S. The predicted molar refractivity (Wildman–Crippen MR) is 98.8 cm³/mol. The summed E-state index contributed by atoms with van der Waals surface area (Å²) < 4.78 is 7.03. The van der Waals surface area contributed by atoms with Crippen LogP contribution in [0.15, 0.2) is 60.0 Å². The van der Waals surface area contributed by atoms with Gasteiger partial charge in [0, 0.05) is 11.3 Å². The summed E-state index contributed by atoms with van der Waals surface area (Å²) in [6.45, 7) is 2.10. The van der Waals surface area contributed by atoms with Gasteiger partial charge in [0.25, 0.3) is 0 Å². The molecule has 0 saturated heterocycles. The predicted octanol–water partition coefficient (Wildman–Crippen LogP) is 3.81. The molecule has 3 aromatic rings. The monoisotopic (exact) mass is 353 g/mol. The smallest absolute Gasteiger partial charge is 0.196 e. The molecule has 0 fully saturated rings. The van der Waals surface area contributed by atoms with Gasteiger partial charge in [-0.25, -0.2) is 0 Å². The first kappa shape index (κ1) is 17.2. The molecule has 0 spiro atoms. The van der Waals surface area contributed by atoms with Crippen molar-refractivity contribution in [3.05, 3.63) is 66.0 Å². The Morgan fingerprint density at radius 3 is 2.48 bits per heavy atom. The fourth-order valence-electron chi connectivity index (χ4n) is 2.38. The number of rotatable bonds is 7. The van der Waals surface area contributed by atoms with E-state index in [1.165, 1.54) is 17.3 Å².